The van der Waals surface area contributed by atoms with E-state index in [1.54, 1.807) is 13.8 Å². The molecule has 1 N–H and O–H groups in total. The zero-order valence-corrected chi connectivity index (χ0v) is 13.1. The van der Waals surface area contributed by atoms with Crippen LogP contribution >= 0.6 is 0 Å². The van der Waals surface area contributed by atoms with Gasteiger partial charge in [0.2, 0.25) is 0 Å². The van der Waals surface area contributed by atoms with E-state index in [1.807, 2.05) is 0 Å². The standard InChI is InChI=1S/C14H17F2N3O5/c1-8-6-18(7-9(2)23-8)14(20)17-11-5-10(19(21)22)3-4-12(11)24-13(15)16/h3-5,8-9,13H,6-7H2,1-2H3,(H,17,20). The highest BCUT2D eigenvalue weighted by Crippen LogP contribution is 2.31. The maximum absolute atomic E-state index is 12.5. The van der Waals surface area contributed by atoms with E-state index in [9.17, 15) is 23.7 Å². The maximum atomic E-state index is 12.5. The van der Waals surface area contributed by atoms with Crippen molar-refractivity contribution in [2.24, 2.45) is 0 Å². The van der Waals surface area contributed by atoms with Crippen LogP contribution in [0.5, 0.6) is 5.75 Å². The number of halogens is 2. The second-order valence-corrected chi connectivity index (χ2v) is 5.41. The van der Waals surface area contributed by atoms with Crippen LogP contribution in [0.3, 0.4) is 0 Å². The van der Waals surface area contributed by atoms with Crippen LogP contribution in [0.15, 0.2) is 18.2 Å². The molecule has 1 aromatic carbocycles. The number of hydrogen-bond donors (Lipinski definition) is 1. The number of nitro benzene ring substituents is 1. The quantitative estimate of drug-likeness (QED) is 0.669. The maximum Gasteiger partial charge on any atom is 0.387 e. The zero-order chi connectivity index (χ0) is 17.9. The summed E-state index contributed by atoms with van der Waals surface area (Å²) in [6, 6.07) is 2.44. The molecule has 2 atom stereocenters. The lowest BCUT2D eigenvalue weighted by molar-refractivity contribution is -0.384. The second kappa shape index (κ2) is 7.39. The molecule has 1 aromatic rings. The number of hydrogen-bond acceptors (Lipinski definition) is 5. The van der Waals surface area contributed by atoms with Crippen LogP contribution in [0.1, 0.15) is 13.8 Å². The van der Waals surface area contributed by atoms with Crippen molar-refractivity contribution in [1.82, 2.24) is 4.90 Å². The first-order valence-corrected chi connectivity index (χ1v) is 7.21. The number of carbonyl (C=O) groups excluding carboxylic acids is 1. The number of alkyl halides is 2. The summed E-state index contributed by atoms with van der Waals surface area (Å²) in [5.41, 5.74) is -0.545. The number of benzene rings is 1. The largest absolute Gasteiger partial charge is 0.433 e. The molecule has 1 heterocycles. The first-order chi connectivity index (χ1) is 11.3. The molecular formula is C14H17F2N3O5. The van der Waals surface area contributed by atoms with E-state index in [0.29, 0.717) is 13.1 Å². The molecule has 24 heavy (non-hydrogen) atoms. The molecule has 0 bridgehead atoms. The molecule has 0 aromatic heterocycles. The van der Waals surface area contributed by atoms with E-state index in [1.165, 1.54) is 4.90 Å². The summed E-state index contributed by atoms with van der Waals surface area (Å²) in [6.07, 6.45) is -0.359. The van der Waals surface area contributed by atoms with Gasteiger partial charge >= 0.3 is 12.6 Å². The smallest absolute Gasteiger partial charge is 0.387 e. The highest BCUT2D eigenvalue weighted by Gasteiger charge is 2.27. The summed E-state index contributed by atoms with van der Waals surface area (Å²) in [6.45, 7) is 1.11. The van der Waals surface area contributed by atoms with Gasteiger partial charge in [-0.15, -0.1) is 0 Å². The number of amides is 2. The molecular weight excluding hydrogens is 328 g/mol. The summed E-state index contributed by atoms with van der Waals surface area (Å²) in [7, 11) is 0. The Hall–Kier alpha value is -2.49. The molecule has 1 aliphatic rings. The van der Waals surface area contributed by atoms with Crippen molar-refractivity contribution < 1.29 is 28.0 Å². The average molecular weight is 345 g/mol. The minimum atomic E-state index is -3.12. The van der Waals surface area contributed by atoms with Crippen molar-refractivity contribution in [3.8, 4) is 5.75 Å². The Balaban J connectivity index is 2.20. The van der Waals surface area contributed by atoms with Crippen LogP contribution in [0, 0.1) is 10.1 Å². The number of carbonyl (C=O) groups is 1. The molecule has 10 heteroatoms. The van der Waals surface area contributed by atoms with Crippen LogP contribution in [-0.2, 0) is 4.74 Å². The monoisotopic (exact) mass is 345 g/mol. The Labute approximate surface area is 136 Å². The van der Waals surface area contributed by atoms with Gasteiger partial charge in [0, 0.05) is 25.2 Å². The van der Waals surface area contributed by atoms with Gasteiger partial charge in [0.15, 0.2) is 0 Å². The Kier molecular flexibility index (Phi) is 5.50. The van der Waals surface area contributed by atoms with Gasteiger partial charge in [-0.3, -0.25) is 10.1 Å². The van der Waals surface area contributed by atoms with Gasteiger partial charge in [0.05, 0.1) is 22.8 Å². The van der Waals surface area contributed by atoms with Crippen molar-refractivity contribution in [3.05, 3.63) is 28.3 Å². The fourth-order valence-electron chi connectivity index (χ4n) is 2.47. The number of morpholine rings is 1. The molecule has 1 aliphatic heterocycles. The number of non-ortho nitro benzene ring substituents is 1. The molecule has 132 valence electrons. The Morgan fingerprint density at radius 2 is 2.04 bits per heavy atom. The molecule has 0 saturated carbocycles. The molecule has 8 nitrogen and oxygen atoms in total. The van der Waals surface area contributed by atoms with Gasteiger partial charge in [0.25, 0.3) is 5.69 Å². The number of nitro groups is 1. The molecule has 0 spiro atoms. The van der Waals surface area contributed by atoms with E-state index in [0.717, 1.165) is 18.2 Å². The molecule has 1 fully saturated rings. The Morgan fingerprint density at radius 1 is 1.42 bits per heavy atom. The molecule has 0 aliphatic carbocycles. The fourth-order valence-corrected chi connectivity index (χ4v) is 2.47. The predicted octanol–water partition coefficient (Wildman–Crippen LogP) is 2.84. The predicted molar refractivity (Wildman–Crippen MR) is 80.3 cm³/mol. The highest BCUT2D eigenvalue weighted by molar-refractivity contribution is 5.91. The minimum Gasteiger partial charge on any atom is -0.433 e. The van der Waals surface area contributed by atoms with Crippen molar-refractivity contribution in [1.29, 1.82) is 0 Å². The van der Waals surface area contributed by atoms with E-state index < -0.39 is 17.6 Å². The van der Waals surface area contributed by atoms with Crippen molar-refractivity contribution >= 4 is 17.4 Å². The zero-order valence-electron chi connectivity index (χ0n) is 13.1. The number of rotatable bonds is 4. The van der Waals surface area contributed by atoms with E-state index in [-0.39, 0.29) is 29.3 Å². The number of urea groups is 1. The van der Waals surface area contributed by atoms with Crippen LogP contribution in [0.25, 0.3) is 0 Å². The van der Waals surface area contributed by atoms with Crippen LogP contribution in [0.4, 0.5) is 25.0 Å². The lowest BCUT2D eigenvalue weighted by atomic mass is 10.2. The molecule has 0 radical (unpaired) electrons. The lowest BCUT2D eigenvalue weighted by Gasteiger charge is -2.35. The van der Waals surface area contributed by atoms with E-state index in [2.05, 4.69) is 10.1 Å². The topological polar surface area (TPSA) is 93.9 Å². The van der Waals surface area contributed by atoms with Crippen LogP contribution in [-0.4, -0.2) is 47.8 Å². The summed E-state index contributed by atoms with van der Waals surface area (Å²) >= 11 is 0. The molecule has 2 unspecified atom stereocenters. The van der Waals surface area contributed by atoms with Gasteiger partial charge in [-0.1, -0.05) is 0 Å². The third-order valence-corrected chi connectivity index (χ3v) is 3.34. The van der Waals surface area contributed by atoms with Crippen molar-refractivity contribution in [2.75, 3.05) is 18.4 Å². The molecule has 2 amide bonds. The van der Waals surface area contributed by atoms with Gasteiger partial charge in [0.1, 0.15) is 5.75 Å². The summed E-state index contributed by atoms with van der Waals surface area (Å²) in [4.78, 5) is 23.9. The van der Waals surface area contributed by atoms with E-state index in [4.69, 9.17) is 4.74 Å². The van der Waals surface area contributed by atoms with Gasteiger partial charge in [-0.25, -0.2) is 4.79 Å². The first kappa shape index (κ1) is 17.9. The summed E-state index contributed by atoms with van der Waals surface area (Å²) < 4.78 is 34.7. The molecule has 2 rings (SSSR count). The summed E-state index contributed by atoms with van der Waals surface area (Å²) in [5, 5.41) is 13.2. The lowest BCUT2D eigenvalue weighted by Crippen LogP contribution is -2.49. The Morgan fingerprint density at radius 3 is 2.58 bits per heavy atom. The average Bonchev–Trinajstić information content (AvgIpc) is 2.47. The highest BCUT2D eigenvalue weighted by atomic mass is 19.3. The number of ether oxygens (including phenoxy) is 2. The third kappa shape index (κ3) is 4.51. The van der Waals surface area contributed by atoms with Gasteiger partial charge in [-0.2, -0.15) is 8.78 Å². The van der Waals surface area contributed by atoms with Crippen molar-refractivity contribution in [3.63, 3.8) is 0 Å². The molecule has 1 saturated heterocycles. The normalized spacial score (nSPS) is 20.8. The number of anilines is 1. The van der Waals surface area contributed by atoms with Gasteiger partial charge in [-0.05, 0) is 19.9 Å². The van der Waals surface area contributed by atoms with Crippen molar-refractivity contribution in [2.45, 2.75) is 32.7 Å². The third-order valence-electron chi connectivity index (χ3n) is 3.34. The second-order valence-electron chi connectivity index (χ2n) is 5.41. The number of nitrogens with zero attached hydrogens (tertiary/aromatic N) is 2. The Bertz CT molecular complexity index is 618. The summed E-state index contributed by atoms with van der Waals surface area (Å²) in [5.74, 6) is -0.349. The fraction of sp³-hybridized carbons (Fsp3) is 0.500. The number of nitrogens with one attached hydrogen (secondary N) is 1. The van der Waals surface area contributed by atoms with Crippen LogP contribution in [0.2, 0.25) is 0 Å². The van der Waals surface area contributed by atoms with Crippen LogP contribution < -0.4 is 10.1 Å². The SMILES string of the molecule is CC1CN(C(=O)Nc2cc([N+](=O)[O-])ccc2OC(F)F)CC(C)O1. The first-order valence-electron chi connectivity index (χ1n) is 7.21. The van der Waals surface area contributed by atoms with E-state index >= 15 is 0 Å². The van der Waals surface area contributed by atoms with Gasteiger partial charge < -0.3 is 19.7 Å². The minimum absolute atomic E-state index is 0.179.